The minimum absolute atomic E-state index is 0.358. The summed E-state index contributed by atoms with van der Waals surface area (Å²) in [6.45, 7) is 25.9. The van der Waals surface area contributed by atoms with E-state index >= 15 is 0 Å². The van der Waals surface area contributed by atoms with Crippen molar-refractivity contribution in [3.8, 4) is 68.3 Å². The highest BCUT2D eigenvalue weighted by Crippen LogP contribution is 2.44. The number of hydrogen-bond donors (Lipinski definition) is 0. The van der Waals surface area contributed by atoms with E-state index in [2.05, 4.69) is 246 Å². The summed E-state index contributed by atoms with van der Waals surface area (Å²) in [6, 6.07) is 65.1. The van der Waals surface area contributed by atoms with Gasteiger partial charge in [-0.15, -0.1) is 0 Å². The van der Waals surface area contributed by atoms with E-state index < -0.39 is 25.5 Å². The van der Waals surface area contributed by atoms with Crippen molar-refractivity contribution in [3.63, 3.8) is 0 Å². The van der Waals surface area contributed by atoms with Crippen molar-refractivity contribution in [2.75, 3.05) is 0 Å². The van der Waals surface area contributed by atoms with E-state index in [-0.39, 0.29) is 0 Å². The van der Waals surface area contributed by atoms with Crippen LogP contribution in [0.4, 0.5) is 0 Å². The van der Waals surface area contributed by atoms with Gasteiger partial charge in [0.2, 0.25) is 22.9 Å². The normalized spacial score (nSPS) is 14.0. The summed E-state index contributed by atoms with van der Waals surface area (Å²) in [6.07, 6.45) is 18.8. The van der Waals surface area contributed by atoms with Crippen LogP contribution in [0.15, 0.2) is 268 Å². The molecule has 8 aromatic carbocycles. The number of benzene rings is 8. The van der Waals surface area contributed by atoms with Crippen LogP contribution < -0.4 is 18.3 Å². The highest BCUT2D eigenvalue weighted by Gasteiger charge is 2.34. The summed E-state index contributed by atoms with van der Waals surface area (Å²) in [5.41, 5.74) is 24.4. The highest BCUT2D eigenvalue weighted by molar-refractivity contribution is 6.12. The number of furan rings is 4. The predicted octanol–water partition coefficient (Wildman–Crippen LogP) is 25.4. The third-order valence-electron chi connectivity index (χ3n) is 23.9. The van der Waals surface area contributed by atoms with Crippen molar-refractivity contribution in [2.24, 2.45) is 34.1 Å². The summed E-state index contributed by atoms with van der Waals surface area (Å²) in [5, 5.41) is 8.17. The molecule has 20 aromatic rings. The number of nitrogens with zero attached hydrogens (tertiary/aromatic N) is 12. The van der Waals surface area contributed by atoms with E-state index in [0.29, 0.717) is 63.3 Å². The molecule has 0 radical (unpaired) electrons. The molecule has 124 heavy (non-hydrogen) atoms. The zero-order valence-electron chi connectivity index (χ0n) is 82.2. The van der Waals surface area contributed by atoms with Gasteiger partial charge < -0.3 is 17.7 Å². The van der Waals surface area contributed by atoms with Crippen molar-refractivity contribution in [1.29, 1.82) is 0 Å². The quantitative estimate of drug-likeness (QED) is 0.0925. The largest absolute Gasteiger partial charge is 0.437 e. The molecule has 20 rings (SSSR count). The van der Waals surface area contributed by atoms with Gasteiger partial charge in [-0.25, -0.2) is 38.2 Å². The smallest absolute Gasteiger partial charge is 0.297 e. The zero-order valence-corrected chi connectivity index (χ0v) is 74.2. The summed E-state index contributed by atoms with van der Waals surface area (Å²) in [7, 11) is 8.09. The van der Waals surface area contributed by atoms with E-state index in [1.807, 2.05) is 139 Å². The molecule has 0 fully saturated rings. The minimum atomic E-state index is -2.49. The van der Waals surface area contributed by atoms with Crippen LogP contribution in [-0.2, 0) is 34.6 Å². The van der Waals surface area contributed by atoms with Crippen LogP contribution in [0.25, 0.3) is 157 Å². The predicted molar refractivity (Wildman–Crippen MR) is 502 cm³/mol. The Labute approximate surface area is 736 Å². The number of imidazole rings is 4. The molecule has 12 aromatic heterocycles. The van der Waals surface area contributed by atoms with Gasteiger partial charge in [0.15, 0.2) is 22.3 Å². The van der Waals surface area contributed by atoms with Crippen LogP contribution in [0.1, 0.15) is 185 Å². The summed E-state index contributed by atoms with van der Waals surface area (Å²) >= 11 is 0. The number of para-hydroxylation sites is 4. The van der Waals surface area contributed by atoms with E-state index in [1.54, 1.807) is 30.5 Å². The van der Waals surface area contributed by atoms with E-state index in [1.165, 1.54) is 47.5 Å². The van der Waals surface area contributed by atoms with Crippen LogP contribution in [0.3, 0.4) is 0 Å². The van der Waals surface area contributed by atoms with Gasteiger partial charge in [-0.1, -0.05) is 204 Å². The van der Waals surface area contributed by atoms with Crippen molar-refractivity contribution in [2.45, 2.75) is 154 Å². The molecule has 624 valence electrons. The number of pyridine rings is 4. The molecule has 2 atom stereocenters. The fourth-order valence-electron chi connectivity index (χ4n) is 17.6. The molecule has 0 saturated carbocycles. The summed E-state index contributed by atoms with van der Waals surface area (Å²) in [5.74, 6) is 2.05. The Kier molecular flexibility index (Phi) is 19.9. The summed E-state index contributed by atoms with van der Waals surface area (Å²) < 4.78 is 108. The van der Waals surface area contributed by atoms with Crippen LogP contribution in [0.2, 0.25) is 0 Å². The second-order valence-corrected chi connectivity index (χ2v) is 34.2. The summed E-state index contributed by atoms with van der Waals surface area (Å²) in [4.78, 5) is 18.6. The third kappa shape index (κ3) is 15.0. The first-order chi connectivity index (χ1) is 62.8. The molecule has 16 nitrogen and oxygen atoms in total. The first-order valence-electron chi connectivity index (χ1n) is 46.7. The SMILES string of the molecule is Cc1ccc2c(oc3nc(C(C)C)ccc32)c1-c1n(-c2ccccc2C(C)C)cc[n+]1C.Cc1ccc2c(oc3nc(CC(C)C)ccc32)c1-c1n(-c2ccccc2C(C)C)cc[n+]1C.[2H]C([2H])([2H])C([2H])(C)c1ccccc1-n1cc[n+](C)c1-c1c(C)ccc2c1oc1nc(C)ccc12.[2H]C([2H])([2H])C([2H])(C)c1ccccc1-n1cc[n+](C)c1-c1c(C)ccc2c1oc1ncccc12. The zero-order chi connectivity index (χ0) is 93.8. The molecule has 0 bridgehead atoms. The fraction of sp³-hybridized carbons (Fsp3) is 0.259. The highest BCUT2D eigenvalue weighted by atomic mass is 16.4. The second kappa shape index (κ2) is 33.7. The maximum atomic E-state index is 8.75. The van der Waals surface area contributed by atoms with Crippen molar-refractivity contribution >= 4 is 88.3 Å². The van der Waals surface area contributed by atoms with Gasteiger partial charge >= 0.3 is 0 Å². The lowest BCUT2D eigenvalue weighted by Gasteiger charge is -2.12. The topological polar surface area (TPSA) is 139 Å². The molecular formula is C108H112N12O4+4. The lowest BCUT2D eigenvalue weighted by molar-refractivity contribution is -0.659. The van der Waals surface area contributed by atoms with Crippen molar-refractivity contribution < 1.29 is 46.9 Å². The van der Waals surface area contributed by atoms with Gasteiger partial charge in [0.05, 0.1) is 28.2 Å². The van der Waals surface area contributed by atoms with Gasteiger partial charge in [-0.05, 0) is 172 Å². The van der Waals surface area contributed by atoms with Gasteiger partial charge in [-0.2, -0.15) is 18.3 Å². The average Bonchev–Trinajstić information content (AvgIpc) is 1.56. The number of aryl methyl sites for hydroxylation is 9. The average molecular weight is 1650 g/mol. The Morgan fingerprint density at radius 3 is 1.02 bits per heavy atom. The molecule has 2 unspecified atom stereocenters. The van der Waals surface area contributed by atoms with Gasteiger partial charge in [0.25, 0.3) is 23.3 Å². The molecule has 0 aliphatic rings. The second-order valence-electron chi connectivity index (χ2n) is 34.2. The molecule has 16 heteroatoms. The van der Waals surface area contributed by atoms with Crippen LogP contribution in [0.5, 0.6) is 0 Å². The Morgan fingerprint density at radius 2 is 0.653 bits per heavy atom. The lowest BCUT2D eigenvalue weighted by atomic mass is 10.00. The molecule has 0 aliphatic carbocycles. The fourth-order valence-corrected chi connectivity index (χ4v) is 17.6. The Hall–Kier alpha value is -13.6. The number of hydrogen-bond acceptors (Lipinski definition) is 8. The Bertz CT molecular complexity index is 7830. The third-order valence-corrected chi connectivity index (χ3v) is 23.9. The molecule has 0 spiro atoms. The maximum absolute atomic E-state index is 8.75. The number of fused-ring (bicyclic) bond motifs is 12. The molecule has 12 heterocycles. The molecule has 0 N–H and O–H groups in total. The van der Waals surface area contributed by atoms with Crippen molar-refractivity contribution in [1.82, 2.24) is 38.2 Å². The van der Waals surface area contributed by atoms with E-state index in [9.17, 15) is 0 Å². The maximum Gasteiger partial charge on any atom is 0.297 e. The standard InChI is InChI=1S/C29H32N3O.C28H30N3O.C26H26N3O.C25H24N3O/c1-18(2)17-21-12-14-24-23-13-11-20(5)26(27(23)33-28(24)30-21)29-31(6)15-16-32(29)25-10-8-7-9-22(25)19(3)4;1-17(2)20-9-7-8-10-24(20)31-16-15-30(6)28(31)25-19(5)11-12-21-22-13-14-23(18(3)4)29-27(22)32-26(21)25;1-16(2)19-8-6-7-9-22(19)29-15-14-28(5)26(29)23-17(3)10-12-20-21-13-11-18(4)27-25(21)30-24(20)23;1-16(2)18-8-5-6-10-21(18)28-15-14-27(4)25(28)22-17(3)11-12-19-20-9-7-13-26-24(20)29-23(19)22/h7-16,18-19H,17H2,1-6H3;7-18H,1-6H3;6-16H,1-5H3;5-16H,1-4H3/q4*+1/i;;2*1D3,16D. The van der Waals surface area contributed by atoms with E-state index in [0.717, 1.165) is 151 Å². The van der Waals surface area contributed by atoms with E-state index in [4.69, 9.17) is 38.6 Å². The Balaban J connectivity index is 0.000000123. The molecule has 0 saturated heterocycles. The van der Waals surface area contributed by atoms with Gasteiger partial charge in [-0.3, -0.25) is 0 Å². The first kappa shape index (κ1) is 73.1. The molecule has 0 aliphatic heterocycles. The van der Waals surface area contributed by atoms with Gasteiger partial charge in [0, 0.05) is 99.6 Å². The first-order valence-corrected chi connectivity index (χ1v) is 42.7. The monoisotopic (exact) mass is 1650 g/mol. The number of aromatic nitrogens is 12. The van der Waals surface area contributed by atoms with Crippen LogP contribution >= 0.6 is 0 Å². The molecule has 0 amide bonds. The minimum Gasteiger partial charge on any atom is -0.437 e. The lowest BCUT2D eigenvalue weighted by Crippen LogP contribution is -2.29. The van der Waals surface area contributed by atoms with Crippen molar-refractivity contribution in [3.05, 3.63) is 311 Å². The van der Waals surface area contributed by atoms with Crippen LogP contribution in [0, 0.1) is 40.5 Å². The number of rotatable bonds is 15. The molecular weight excluding hydrogens is 1530 g/mol. The van der Waals surface area contributed by atoms with Crippen LogP contribution in [-0.4, -0.2) is 38.2 Å². The van der Waals surface area contributed by atoms with Gasteiger partial charge in [0.1, 0.15) is 94.6 Å². The Morgan fingerprint density at radius 1 is 0.331 bits per heavy atom.